The summed E-state index contributed by atoms with van der Waals surface area (Å²) < 4.78 is 63.7. The van der Waals surface area contributed by atoms with Gasteiger partial charge in [-0.2, -0.15) is 0 Å². The van der Waals surface area contributed by atoms with Gasteiger partial charge in [-0.05, 0) is 31.4 Å². The third-order valence-corrected chi connectivity index (χ3v) is 3.71. The molecule has 152 valence electrons. The zero-order valence-electron chi connectivity index (χ0n) is 15.9. The van der Waals surface area contributed by atoms with Crippen LogP contribution in [0.25, 0.3) is 6.08 Å². The monoisotopic (exact) mass is 400 g/mol. The van der Waals surface area contributed by atoms with Crippen LogP contribution in [0, 0.1) is 42.9 Å². The molecule has 0 saturated heterocycles. The number of aryl methyl sites for hydroxylation is 2. The van der Waals surface area contributed by atoms with Gasteiger partial charge in [0.2, 0.25) is 5.82 Å². The Bertz CT molecular complexity index is 832. The number of hydrogen-bond donors (Lipinski definition) is 2. The molecular weight excluding hydrogens is 379 g/mol. The normalized spacial score (nSPS) is 10.5. The predicted molar refractivity (Wildman–Crippen MR) is 99.6 cm³/mol. The van der Waals surface area contributed by atoms with Gasteiger partial charge < -0.3 is 10.6 Å². The molecule has 0 radical (unpaired) electrons. The molecule has 2 aromatic rings. The molecule has 2 aromatic carbocycles. The number of nitrogens with one attached hydrogen (secondary N) is 2. The third kappa shape index (κ3) is 5.55. The van der Waals surface area contributed by atoms with E-state index in [9.17, 15) is 26.7 Å². The number of carbonyl (C=O) groups is 1. The van der Waals surface area contributed by atoms with Crippen molar-refractivity contribution in [2.75, 3.05) is 12.4 Å². The Balaban J connectivity index is 0.000000283. The summed E-state index contributed by atoms with van der Waals surface area (Å²) in [5, 5.41) is 5.30. The Labute approximate surface area is 160 Å². The van der Waals surface area contributed by atoms with Crippen molar-refractivity contribution in [3.8, 4) is 0 Å². The first-order chi connectivity index (χ1) is 13.1. The highest BCUT2D eigenvalue weighted by Crippen LogP contribution is 2.24. The minimum absolute atomic E-state index is 0.183. The fourth-order valence-electron chi connectivity index (χ4n) is 2.19. The number of carbonyl (C=O) groups excluding carboxylic acids is 1. The zero-order valence-corrected chi connectivity index (χ0v) is 15.9. The molecule has 0 aliphatic carbocycles. The van der Waals surface area contributed by atoms with Gasteiger partial charge in [0.05, 0.1) is 5.56 Å². The van der Waals surface area contributed by atoms with E-state index in [1.54, 1.807) is 14.0 Å². The Morgan fingerprint density at radius 3 is 1.82 bits per heavy atom. The second-order valence-electron chi connectivity index (χ2n) is 5.77. The predicted octanol–water partition coefficient (Wildman–Crippen LogP) is 5.86. The Kier molecular flexibility index (Phi) is 8.63. The van der Waals surface area contributed by atoms with Crippen LogP contribution in [0.4, 0.5) is 32.4 Å². The summed E-state index contributed by atoms with van der Waals surface area (Å²) in [5.41, 5.74) is 2.13. The second-order valence-corrected chi connectivity index (χ2v) is 5.77. The Hall–Kier alpha value is -2.90. The van der Waals surface area contributed by atoms with Crippen molar-refractivity contribution in [2.24, 2.45) is 0 Å². The fourth-order valence-corrected chi connectivity index (χ4v) is 2.19. The van der Waals surface area contributed by atoms with E-state index < -0.39 is 34.6 Å². The van der Waals surface area contributed by atoms with Crippen molar-refractivity contribution < 1.29 is 26.7 Å². The minimum Gasteiger partial charge on any atom is -0.341 e. The lowest BCUT2D eigenvalue weighted by Crippen LogP contribution is -2.25. The number of anilines is 1. The molecule has 2 amide bonds. The van der Waals surface area contributed by atoms with E-state index in [0.717, 1.165) is 22.9 Å². The van der Waals surface area contributed by atoms with Crippen LogP contribution < -0.4 is 10.6 Å². The van der Waals surface area contributed by atoms with Gasteiger partial charge in [0.1, 0.15) is 0 Å². The molecule has 0 heterocycles. The van der Waals surface area contributed by atoms with Crippen LogP contribution in [0.2, 0.25) is 0 Å². The molecule has 0 saturated carbocycles. The fraction of sp³-hybridized carbons (Fsp3) is 0.250. The molecule has 0 aromatic heterocycles. The number of halogens is 5. The number of allylic oxidation sites excluding steroid dienone is 1. The van der Waals surface area contributed by atoms with E-state index in [1.165, 1.54) is 6.08 Å². The van der Waals surface area contributed by atoms with E-state index in [4.69, 9.17) is 0 Å². The van der Waals surface area contributed by atoms with Crippen LogP contribution in [0.15, 0.2) is 24.3 Å². The van der Waals surface area contributed by atoms with Gasteiger partial charge in [-0.15, -0.1) is 0 Å². The first kappa shape index (κ1) is 23.1. The lowest BCUT2D eigenvalue weighted by molar-refractivity contribution is 0.254. The SMILES string of the molecule is CC/C=C\c1c(F)c(F)c(F)c(F)c1F.CNC(=O)Nc1c(C)cccc1C. The number of rotatable bonds is 3. The molecule has 8 heteroatoms. The maximum Gasteiger partial charge on any atom is 0.318 e. The van der Waals surface area contributed by atoms with E-state index in [0.29, 0.717) is 6.42 Å². The molecule has 0 aliphatic rings. The Morgan fingerprint density at radius 2 is 1.39 bits per heavy atom. The van der Waals surface area contributed by atoms with Crippen molar-refractivity contribution in [3.63, 3.8) is 0 Å². The summed E-state index contributed by atoms with van der Waals surface area (Å²) in [6.07, 6.45) is 2.61. The molecular formula is C20H21F5N2O. The molecule has 0 atom stereocenters. The smallest absolute Gasteiger partial charge is 0.318 e. The zero-order chi connectivity index (χ0) is 21.4. The van der Waals surface area contributed by atoms with Gasteiger partial charge in [0.15, 0.2) is 23.3 Å². The standard InChI is InChI=1S/C10H7F5.C10H14N2O/c1-2-3-4-5-6(11)8(13)10(15)9(14)7(5)12;1-7-5-4-6-8(2)9(7)12-10(13)11-3/h3-4H,2H2,1H3;4-6H,1-3H3,(H2,11,12,13)/b4-3-;. The highest BCUT2D eigenvalue weighted by molar-refractivity contribution is 5.90. The van der Waals surface area contributed by atoms with Gasteiger partial charge in [-0.25, -0.2) is 26.7 Å². The van der Waals surface area contributed by atoms with Gasteiger partial charge in [0.25, 0.3) is 0 Å². The van der Waals surface area contributed by atoms with Gasteiger partial charge in [-0.1, -0.05) is 37.3 Å². The first-order valence-corrected chi connectivity index (χ1v) is 8.38. The lowest BCUT2D eigenvalue weighted by Gasteiger charge is -2.10. The summed E-state index contributed by atoms with van der Waals surface area (Å²) in [5.74, 6) is -9.61. The number of amides is 2. The summed E-state index contributed by atoms with van der Waals surface area (Å²) >= 11 is 0. The molecule has 2 N–H and O–H groups in total. The molecule has 0 unspecified atom stereocenters. The quantitative estimate of drug-likeness (QED) is 0.378. The van der Waals surface area contributed by atoms with Gasteiger partial charge in [-0.3, -0.25) is 0 Å². The van der Waals surface area contributed by atoms with Crippen molar-refractivity contribution >= 4 is 17.8 Å². The van der Waals surface area contributed by atoms with Gasteiger partial charge in [0, 0.05) is 12.7 Å². The third-order valence-electron chi connectivity index (χ3n) is 3.71. The van der Waals surface area contributed by atoms with Crippen LogP contribution in [0.1, 0.15) is 30.0 Å². The lowest BCUT2D eigenvalue weighted by atomic mass is 10.1. The topological polar surface area (TPSA) is 41.1 Å². The van der Waals surface area contributed by atoms with Crippen molar-refractivity contribution in [1.82, 2.24) is 5.32 Å². The molecule has 0 bridgehead atoms. The van der Waals surface area contributed by atoms with Crippen LogP contribution >= 0.6 is 0 Å². The summed E-state index contributed by atoms with van der Waals surface area (Å²) in [7, 11) is 1.60. The molecule has 0 fully saturated rings. The average Bonchev–Trinajstić information content (AvgIpc) is 2.68. The summed E-state index contributed by atoms with van der Waals surface area (Å²) in [6, 6.07) is 5.73. The highest BCUT2D eigenvalue weighted by Gasteiger charge is 2.23. The maximum absolute atomic E-state index is 13.0. The van der Waals surface area contributed by atoms with E-state index >= 15 is 0 Å². The van der Waals surface area contributed by atoms with E-state index in [-0.39, 0.29) is 6.03 Å². The number of para-hydroxylation sites is 1. The largest absolute Gasteiger partial charge is 0.341 e. The van der Waals surface area contributed by atoms with Crippen LogP contribution in [-0.4, -0.2) is 13.1 Å². The van der Waals surface area contributed by atoms with Crippen molar-refractivity contribution in [2.45, 2.75) is 27.2 Å². The van der Waals surface area contributed by atoms with Crippen molar-refractivity contribution in [1.29, 1.82) is 0 Å². The minimum atomic E-state index is -2.14. The Morgan fingerprint density at radius 1 is 0.929 bits per heavy atom. The molecule has 2 rings (SSSR count). The molecule has 0 aliphatic heterocycles. The number of benzene rings is 2. The van der Waals surface area contributed by atoms with E-state index in [1.807, 2.05) is 32.0 Å². The average molecular weight is 400 g/mol. The number of hydrogen-bond acceptors (Lipinski definition) is 1. The highest BCUT2D eigenvalue weighted by atomic mass is 19.2. The molecule has 28 heavy (non-hydrogen) atoms. The van der Waals surface area contributed by atoms with Crippen LogP contribution in [-0.2, 0) is 0 Å². The van der Waals surface area contributed by atoms with Crippen molar-refractivity contribution in [3.05, 3.63) is 70.1 Å². The maximum atomic E-state index is 13.0. The summed E-state index contributed by atoms with van der Waals surface area (Å²) in [4.78, 5) is 11.1. The summed E-state index contributed by atoms with van der Waals surface area (Å²) in [6.45, 7) is 5.61. The van der Waals surface area contributed by atoms with Crippen LogP contribution in [0.5, 0.6) is 0 Å². The second kappa shape index (κ2) is 10.4. The van der Waals surface area contributed by atoms with Crippen LogP contribution in [0.3, 0.4) is 0 Å². The van der Waals surface area contributed by atoms with E-state index in [2.05, 4.69) is 10.6 Å². The molecule has 0 spiro atoms. The number of urea groups is 1. The van der Waals surface area contributed by atoms with Gasteiger partial charge >= 0.3 is 6.03 Å². The first-order valence-electron chi connectivity index (χ1n) is 8.38. The molecule has 3 nitrogen and oxygen atoms in total.